The fourth-order valence-electron chi connectivity index (χ4n) is 0.971. The second-order valence-electron chi connectivity index (χ2n) is 2.46. The molecule has 2 rings (SSSR count). The summed E-state index contributed by atoms with van der Waals surface area (Å²) in [5.74, 6) is -1.08. The Morgan fingerprint density at radius 2 is 2.29 bits per heavy atom. The monoisotopic (exact) mass is 205 g/mol. The highest BCUT2D eigenvalue weighted by atomic mass is 32.1. The number of hydrogen-bond donors (Lipinski definition) is 1. The van der Waals surface area contributed by atoms with E-state index in [1.807, 2.05) is 6.07 Å². The number of hydrogen-bond acceptors (Lipinski definition) is 5. The lowest BCUT2D eigenvalue weighted by Gasteiger charge is -1.85. The molecule has 0 spiro atoms. The van der Waals surface area contributed by atoms with Gasteiger partial charge in [0.1, 0.15) is 22.1 Å². The standard InChI is InChI=1S/C8H3N3O2S/c9-3-4-1-2-5-6(10-4)14-7(11-5)8(12)13/h1-2H,(H,12,13). The molecule has 1 N–H and O–H groups in total. The number of pyridine rings is 1. The molecule has 0 atom stereocenters. The van der Waals surface area contributed by atoms with Crippen LogP contribution in [0.15, 0.2) is 12.1 Å². The minimum atomic E-state index is -1.08. The lowest BCUT2D eigenvalue weighted by molar-refractivity contribution is 0.0696. The number of nitrogens with zero attached hydrogens (tertiary/aromatic N) is 3. The van der Waals surface area contributed by atoms with Crippen LogP contribution in [0.25, 0.3) is 10.3 Å². The van der Waals surface area contributed by atoms with Crippen LogP contribution in [-0.4, -0.2) is 21.0 Å². The van der Waals surface area contributed by atoms with Gasteiger partial charge in [0.05, 0.1) is 0 Å². The number of rotatable bonds is 1. The van der Waals surface area contributed by atoms with Crippen LogP contribution in [0, 0.1) is 11.3 Å². The zero-order valence-electron chi connectivity index (χ0n) is 6.76. The molecule has 2 heterocycles. The number of carbonyl (C=O) groups is 1. The van der Waals surface area contributed by atoms with Gasteiger partial charge in [-0.05, 0) is 12.1 Å². The number of carboxylic acids is 1. The number of carboxylic acid groups (broad SMARTS) is 1. The number of aromatic nitrogens is 2. The van der Waals surface area contributed by atoms with Crippen LogP contribution in [0.2, 0.25) is 0 Å². The summed E-state index contributed by atoms with van der Waals surface area (Å²) in [4.78, 5) is 18.8. The Kier molecular flexibility index (Phi) is 1.87. The highest BCUT2D eigenvalue weighted by Crippen LogP contribution is 2.19. The van der Waals surface area contributed by atoms with Crippen molar-refractivity contribution in [2.24, 2.45) is 0 Å². The number of aromatic carboxylic acids is 1. The van der Waals surface area contributed by atoms with Crippen LogP contribution in [0.1, 0.15) is 15.5 Å². The summed E-state index contributed by atoms with van der Waals surface area (Å²) < 4.78 is 0. The molecule has 0 amide bonds. The molecule has 2 aromatic rings. The van der Waals surface area contributed by atoms with Crippen molar-refractivity contribution in [2.45, 2.75) is 0 Å². The van der Waals surface area contributed by atoms with Gasteiger partial charge in [0.15, 0.2) is 0 Å². The maximum atomic E-state index is 10.6. The van der Waals surface area contributed by atoms with Crippen molar-refractivity contribution >= 4 is 27.7 Å². The molecule has 2 aromatic heterocycles. The van der Waals surface area contributed by atoms with Crippen molar-refractivity contribution in [3.8, 4) is 6.07 Å². The van der Waals surface area contributed by atoms with Crippen LogP contribution >= 0.6 is 11.3 Å². The lowest BCUT2D eigenvalue weighted by Crippen LogP contribution is -1.93. The predicted molar refractivity (Wildman–Crippen MR) is 49.1 cm³/mol. The van der Waals surface area contributed by atoms with Crippen LogP contribution in [-0.2, 0) is 0 Å². The SMILES string of the molecule is N#Cc1ccc2nc(C(=O)O)sc2n1. The van der Waals surface area contributed by atoms with E-state index >= 15 is 0 Å². The number of nitriles is 1. The first-order valence-electron chi connectivity index (χ1n) is 3.61. The lowest BCUT2D eigenvalue weighted by atomic mass is 10.4. The molecule has 0 fully saturated rings. The van der Waals surface area contributed by atoms with Crippen molar-refractivity contribution in [3.63, 3.8) is 0 Å². The van der Waals surface area contributed by atoms with Gasteiger partial charge in [-0.25, -0.2) is 14.8 Å². The molecule has 0 aliphatic rings. The highest BCUT2D eigenvalue weighted by molar-refractivity contribution is 7.19. The fourth-order valence-corrected chi connectivity index (χ4v) is 1.75. The Morgan fingerprint density at radius 1 is 1.50 bits per heavy atom. The summed E-state index contributed by atoms with van der Waals surface area (Å²) >= 11 is 0.962. The third kappa shape index (κ3) is 1.30. The second kappa shape index (κ2) is 3.05. The van der Waals surface area contributed by atoms with E-state index in [0.29, 0.717) is 10.3 Å². The summed E-state index contributed by atoms with van der Waals surface area (Å²) in [7, 11) is 0. The molecule has 0 aromatic carbocycles. The summed E-state index contributed by atoms with van der Waals surface area (Å²) in [6, 6.07) is 4.97. The third-order valence-electron chi connectivity index (χ3n) is 1.55. The molecule has 0 aliphatic heterocycles. The van der Waals surface area contributed by atoms with E-state index in [-0.39, 0.29) is 10.7 Å². The summed E-state index contributed by atoms with van der Waals surface area (Å²) in [5.41, 5.74) is 0.768. The van der Waals surface area contributed by atoms with Gasteiger partial charge < -0.3 is 5.11 Å². The van der Waals surface area contributed by atoms with E-state index in [4.69, 9.17) is 10.4 Å². The van der Waals surface area contributed by atoms with Crippen molar-refractivity contribution in [3.05, 3.63) is 22.8 Å². The van der Waals surface area contributed by atoms with E-state index in [1.54, 1.807) is 6.07 Å². The summed E-state index contributed by atoms with van der Waals surface area (Å²) in [6.07, 6.45) is 0. The van der Waals surface area contributed by atoms with Gasteiger partial charge in [-0.15, -0.1) is 0 Å². The van der Waals surface area contributed by atoms with E-state index in [9.17, 15) is 4.79 Å². The van der Waals surface area contributed by atoms with Gasteiger partial charge in [-0.2, -0.15) is 5.26 Å². The topological polar surface area (TPSA) is 86.9 Å². The molecule has 0 saturated heterocycles. The first kappa shape index (κ1) is 8.59. The quantitative estimate of drug-likeness (QED) is 0.757. The maximum Gasteiger partial charge on any atom is 0.365 e. The van der Waals surface area contributed by atoms with Crippen LogP contribution in [0.4, 0.5) is 0 Å². The Bertz CT molecular complexity index is 555. The van der Waals surface area contributed by atoms with Gasteiger partial charge in [0.2, 0.25) is 5.01 Å². The molecule has 0 radical (unpaired) electrons. The molecule has 0 unspecified atom stereocenters. The molecule has 0 bridgehead atoms. The van der Waals surface area contributed by atoms with Crippen LogP contribution in [0.5, 0.6) is 0 Å². The highest BCUT2D eigenvalue weighted by Gasteiger charge is 2.11. The average molecular weight is 205 g/mol. The van der Waals surface area contributed by atoms with Crippen LogP contribution in [0.3, 0.4) is 0 Å². The van der Waals surface area contributed by atoms with Crippen molar-refractivity contribution in [1.82, 2.24) is 9.97 Å². The Morgan fingerprint density at radius 3 is 2.93 bits per heavy atom. The molecule has 6 heteroatoms. The van der Waals surface area contributed by atoms with Crippen molar-refractivity contribution < 1.29 is 9.90 Å². The molecule has 5 nitrogen and oxygen atoms in total. The smallest absolute Gasteiger partial charge is 0.365 e. The Hall–Kier alpha value is -2.00. The maximum absolute atomic E-state index is 10.6. The largest absolute Gasteiger partial charge is 0.476 e. The zero-order chi connectivity index (χ0) is 10.1. The minimum absolute atomic E-state index is 0.0115. The zero-order valence-corrected chi connectivity index (χ0v) is 7.58. The second-order valence-corrected chi connectivity index (χ2v) is 3.43. The fraction of sp³-hybridized carbons (Fsp3) is 0. The number of fused-ring (bicyclic) bond motifs is 1. The van der Waals surface area contributed by atoms with Gasteiger partial charge in [0.25, 0.3) is 0 Å². The van der Waals surface area contributed by atoms with Crippen LogP contribution < -0.4 is 0 Å². The van der Waals surface area contributed by atoms with Gasteiger partial charge in [0, 0.05) is 0 Å². The molecule has 68 valence electrons. The van der Waals surface area contributed by atoms with E-state index in [2.05, 4.69) is 9.97 Å². The minimum Gasteiger partial charge on any atom is -0.476 e. The first-order chi connectivity index (χ1) is 6.70. The molecular formula is C8H3N3O2S. The van der Waals surface area contributed by atoms with Gasteiger partial charge in [-0.1, -0.05) is 11.3 Å². The van der Waals surface area contributed by atoms with Crippen molar-refractivity contribution in [2.75, 3.05) is 0 Å². The first-order valence-corrected chi connectivity index (χ1v) is 4.43. The van der Waals surface area contributed by atoms with E-state index < -0.39 is 5.97 Å². The molecule has 0 saturated carbocycles. The Balaban J connectivity index is 2.67. The third-order valence-corrected chi connectivity index (χ3v) is 2.51. The Labute approximate surface area is 82.3 Å². The normalized spacial score (nSPS) is 9.93. The summed E-state index contributed by atoms with van der Waals surface area (Å²) in [5, 5.41) is 17.2. The van der Waals surface area contributed by atoms with Crippen molar-refractivity contribution in [1.29, 1.82) is 5.26 Å². The molecule has 0 aliphatic carbocycles. The van der Waals surface area contributed by atoms with Gasteiger partial charge in [-0.3, -0.25) is 0 Å². The average Bonchev–Trinajstić information content (AvgIpc) is 2.59. The number of thiazole rings is 1. The molecule has 14 heavy (non-hydrogen) atoms. The predicted octanol–water partition coefficient (Wildman–Crippen LogP) is 1.26. The van der Waals surface area contributed by atoms with Gasteiger partial charge >= 0.3 is 5.97 Å². The van der Waals surface area contributed by atoms with E-state index in [1.165, 1.54) is 6.07 Å². The molecular weight excluding hydrogens is 202 g/mol. The van der Waals surface area contributed by atoms with E-state index in [0.717, 1.165) is 11.3 Å². The summed E-state index contributed by atoms with van der Waals surface area (Å²) in [6.45, 7) is 0.